The van der Waals surface area contributed by atoms with Gasteiger partial charge in [-0.2, -0.15) is 0 Å². The molecule has 0 aromatic heterocycles. The fraction of sp³-hybridized carbons (Fsp3) is 1.00. The largest absolute Gasteiger partial charge is 0.311 e. The topological polar surface area (TPSA) is 15.3 Å². The molecule has 3 heteroatoms. The van der Waals surface area contributed by atoms with E-state index in [9.17, 15) is 4.39 Å². The molecule has 2 atom stereocenters. The van der Waals surface area contributed by atoms with Crippen LogP contribution in [-0.4, -0.2) is 43.3 Å². The van der Waals surface area contributed by atoms with Gasteiger partial charge in [0.1, 0.15) is 6.67 Å². The summed E-state index contributed by atoms with van der Waals surface area (Å²) in [5.41, 5.74) is 0. The monoisotopic (exact) mass is 202 g/mol. The SMILES string of the molecule is CCCC1CNC(CC)CN1CCF. The summed E-state index contributed by atoms with van der Waals surface area (Å²) in [7, 11) is 0. The first-order chi connectivity index (χ1) is 6.81. The highest BCUT2D eigenvalue weighted by Crippen LogP contribution is 2.13. The molecule has 0 spiro atoms. The van der Waals surface area contributed by atoms with Gasteiger partial charge in [0.2, 0.25) is 0 Å². The fourth-order valence-electron chi connectivity index (χ4n) is 2.20. The van der Waals surface area contributed by atoms with Gasteiger partial charge in [-0.25, -0.2) is 4.39 Å². The van der Waals surface area contributed by atoms with Crippen LogP contribution in [0.2, 0.25) is 0 Å². The van der Waals surface area contributed by atoms with Gasteiger partial charge in [0.15, 0.2) is 0 Å². The number of alkyl halides is 1. The second kappa shape index (κ2) is 6.36. The lowest BCUT2D eigenvalue weighted by Gasteiger charge is -2.39. The highest BCUT2D eigenvalue weighted by molar-refractivity contribution is 4.85. The first-order valence-corrected chi connectivity index (χ1v) is 5.85. The van der Waals surface area contributed by atoms with Crippen molar-refractivity contribution in [2.45, 2.75) is 45.2 Å². The van der Waals surface area contributed by atoms with Gasteiger partial charge >= 0.3 is 0 Å². The van der Waals surface area contributed by atoms with Crippen LogP contribution in [0.1, 0.15) is 33.1 Å². The van der Waals surface area contributed by atoms with E-state index in [4.69, 9.17) is 0 Å². The van der Waals surface area contributed by atoms with Crippen LogP contribution >= 0.6 is 0 Å². The Balaban J connectivity index is 2.42. The van der Waals surface area contributed by atoms with Gasteiger partial charge < -0.3 is 5.32 Å². The molecule has 0 aliphatic carbocycles. The van der Waals surface area contributed by atoms with Gasteiger partial charge in [-0.15, -0.1) is 0 Å². The number of hydrogen-bond donors (Lipinski definition) is 1. The quantitative estimate of drug-likeness (QED) is 0.731. The van der Waals surface area contributed by atoms with Crippen LogP contribution < -0.4 is 5.32 Å². The first-order valence-electron chi connectivity index (χ1n) is 5.85. The number of nitrogens with zero attached hydrogens (tertiary/aromatic N) is 1. The van der Waals surface area contributed by atoms with E-state index < -0.39 is 0 Å². The van der Waals surface area contributed by atoms with E-state index in [1.807, 2.05) is 0 Å². The van der Waals surface area contributed by atoms with Gasteiger partial charge in [-0.1, -0.05) is 20.3 Å². The van der Waals surface area contributed by atoms with Crippen LogP contribution in [0.25, 0.3) is 0 Å². The van der Waals surface area contributed by atoms with Crippen molar-refractivity contribution in [3.05, 3.63) is 0 Å². The second-order valence-electron chi connectivity index (χ2n) is 4.14. The van der Waals surface area contributed by atoms with Crippen molar-refractivity contribution >= 4 is 0 Å². The maximum Gasteiger partial charge on any atom is 0.102 e. The Labute approximate surface area is 86.9 Å². The van der Waals surface area contributed by atoms with E-state index in [1.165, 1.54) is 12.8 Å². The van der Waals surface area contributed by atoms with Gasteiger partial charge in [0.05, 0.1) is 0 Å². The zero-order valence-corrected chi connectivity index (χ0v) is 9.43. The molecule has 1 aliphatic rings. The van der Waals surface area contributed by atoms with E-state index in [2.05, 4.69) is 24.1 Å². The van der Waals surface area contributed by atoms with Crippen molar-refractivity contribution in [2.24, 2.45) is 0 Å². The van der Waals surface area contributed by atoms with Crippen LogP contribution in [0.4, 0.5) is 4.39 Å². The molecule has 0 bridgehead atoms. The van der Waals surface area contributed by atoms with Crippen LogP contribution in [0.5, 0.6) is 0 Å². The van der Waals surface area contributed by atoms with Gasteiger partial charge in [-0.05, 0) is 12.8 Å². The molecular weight excluding hydrogens is 179 g/mol. The maximum absolute atomic E-state index is 12.4. The molecule has 1 N–H and O–H groups in total. The molecule has 2 nitrogen and oxygen atoms in total. The molecule has 1 fully saturated rings. The number of rotatable bonds is 5. The Hall–Kier alpha value is -0.150. The van der Waals surface area contributed by atoms with E-state index in [-0.39, 0.29) is 6.67 Å². The Morgan fingerprint density at radius 3 is 2.79 bits per heavy atom. The highest BCUT2D eigenvalue weighted by atomic mass is 19.1. The molecule has 14 heavy (non-hydrogen) atoms. The zero-order chi connectivity index (χ0) is 10.4. The van der Waals surface area contributed by atoms with Crippen LogP contribution in [0.3, 0.4) is 0 Å². The molecule has 0 amide bonds. The van der Waals surface area contributed by atoms with E-state index in [0.717, 1.165) is 19.5 Å². The summed E-state index contributed by atoms with van der Waals surface area (Å²) in [6.45, 7) is 6.84. The molecule has 0 aromatic rings. The van der Waals surface area contributed by atoms with Gasteiger partial charge in [-0.3, -0.25) is 4.90 Å². The third kappa shape index (κ3) is 3.21. The fourth-order valence-corrected chi connectivity index (χ4v) is 2.20. The van der Waals surface area contributed by atoms with E-state index >= 15 is 0 Å². The Bertz CT molecular complexity index is 152. The second-order valence-corrected chi connectivity index (χ2v) is 4.14. The molecule has 0 radical (unpaired) electrons. The number of nitrogens with one attached hydrogen (secondary N) is 1. The predicted molar refractivity (Wildman–Crippen MR) is 58.3 cm³/mol. The summed E-state index contributed by atoms with van der Waals surface area (Å²) >= 11 is 0. The van der Waals surface area contributed by atoms with Crippen molar-refractivity contribution in [3.8, 4) is 0 Å². The lowest BCUT2D eigenvalue weighted by molar-refractivity contribution is 0.113. The van der Waals surface area contributed by atoms with E-state index in [1.54, 1.807) is 0 Å². The van der Waals surface area contributed by atoms with E-state index in [0.29, 0.717) is 18.6 Å². The van der Waals surface area contributed by atoms with Crippen molar-refractivity contribution < 1.29 is 4.39 Å². The van der Waals surface area contributed by atoms with Gasteiger partial charge in [0.25, 0.3) is 0 Å². The van der Waals surface area contributed by atoms with Crippen LogP contribution in [0.15, 0.2) is 0 Å². The van der Waals surface area contributed by atoms with Crippen molar-refractivity contribution in [1.82, 2.24) is 10.2 Å². The predicted octanol–water partition coefficient (Wildman–Crippen LogP) is 1.81. The van der Waals surface area contributed by atoms with Crippen LogP contribution in [-0.2, 0) is 0 Å². The minimum atomic E-state index is -0.212. The summed E-state index contributed by atoms with van der Waals surface area (Å²) in [6.07, 6.45) is 3.51. The summed E-state index contributed by atoms with van der Waals surface area (Å²) in [4.78, 5) is 2.31. The Morgan fingerprint density at radius 2 is 2.21 bits per heavy atom. The van der Waals surface area contributed by atoms with Gasteiger partial charge in [0, 0.05) is 31.7 Å². The standard InChI is InChI=1S/C11H23FN2/c1-3-5-11-8-13-10(4-2)9-14(11)7-6-12/h10-11,13H,3-9H2,1-2H3. The molecule has 2 unspecified atom stereocenters. The first kappa shape index (κ1) is 11.9. The molecule has 0 aromatic carbocycles. The Morgan fingerprint density at radius 1 is 1.43 bits per heavy atom. The maximum atomic E-state index is 12.4. The number of hydrogen-bond acceptors (Lipinski definition) is 2. The van der Waals surface area contributed by atoms with Crippen molar-refractivity contribution in [1.29, 1.82) is 0 Å². The summed E-state index contributed by atoms with van der Waals surface area (Å²) in [6, 6.07) is 1.12. The number of piperazine rings is 1. The van der Waals surface area contributed by atoms with Crippen LogP contribution in [0, 0.1) is 0 Å². The molecule has 1 rings (SSSR count). The third-order valence-electron chi connectivity index (χ3n) is 3.10. The normalized spacial score (nSPS) is 29.4. The van der Waals surface area contributed by atoms with Crippen molar-refractivity contribution in [3.63, 3.8) is 0 Å². The third-order valence-corrected chi connectivity index (χ3v) is 3.10. The van der Waals surface area contributed by atoms with Crippen molar-refractivity contribution in [2.75, 3.05) is 26.3 Å². The molecular formula is C11H23FN2. The minimum Gasteiger partial charge on any atom is -0.311 e. The smallest absolute Gasteiger partial charge is 0.102 e. The molecule has 1 aliphatic heterocycles. The molecule has 1 heterocycles. The average Bonchev–Trinajstić information content (AvgIpc) is 2.21. The number of halogens is 1. The summed E-state index contributed by atoms with van der Waals surface area (Å²) in [5.74, 6) is 0. The summed E-state index contributed by atoms with van der Waals surface area (Å²) in [5, 5.41) is 3.53. The highest BCUT2D eigenvalue weighted by Gasteiger charge is 2.25. The molecule has 0 saturated carbocycles. The lowest BCUT2D eigenvalue weighted by Crippen LogP contribution is -2.56. The average molecular weight is 202 g/mol. The Kier molecular flexibility index (Phi) is 5.41. The minimum absolute atomic E-state index is 0.212. The molecule has 1 saturated heterocycles. The molecule has 84 valence electrons. The lowest BCUT2D eigenvalue weighted by atomic mass is 10.0. The zero-order valence-electron chi connectivity index (χ0n) is 9.43. The summed E-state index contributed by atoms with van der Waals surface area (Å²) < 4.78 is 12.4.